The van der Waals surface area contributed by atoms with Gasteiger partial charge in [-0.3, -0.25) is 0 Å². The van der Waals surface area contributed by atoms with Crippen molar-refractivity contribution in [1.29, 1.82) is 0 Å². The maximum atomic E-state index is 9.09. The minimum atomic E-state index is -2.57. The van der Waals surface area contributed by atoms with E-state index in [1.807, 2.05) is 0 Å². The van der Waals surface area contributed by atoms with Crippen LogP contribution < -0.4 is 0 Å². The lowest BCUT2D eigenvalue weighted by Gasteiger charge is -2.32. The first kappa shape index (κ1) is 9.85. The van der Waals surface area contributed by atoms with Crippen LogP contribution >= 0.6 is 0 Å². The van der Waals surface area contributed by atoms with E-state index in [0.29, 0.717) is 0 Å². The highest BCUT2D eigenvalue weighted by Gasteiger charge is 2.49. The maximum absolute atomic E-state index is 9.09. The standard InChI is InChI=1S/C6H12O6/c1-4-5(7,8)11-2-3-12-6(4,9)10/h4,7-10H,2-3H2,1H3. The lowest BCUT2D eigenvalue weighted by molar-refractivity contribution is -0.431. The van der Waals surface area contributed by atoms with Crippen molar-refractivity contribution in [2.24, 2.45) is 5.92 Å². The van der Waals surface area contributed by atoms with E-state index in [0.717, 1.165) is 0 Å². The summed E-state index contributed by atoms with van der Waals surface area (Å²) in [5.41, 5.74) is 0. The first-order valence-electron chi connectivity index (χ1n) is 3.53. The summed E-state index contributed by atoms with van der Waals surface area (Å²) in [5.74, 6) is -6.51. The molecule has 6 nitrogen and oxygen atoms in total. The van der Waals surface area contributed by atoms with Gasteiger partial charge in [-0.15, -0.1) is 0 Å². The van der Waals surface area contributed by atoms with E-state index < -0.39 is 17.9 Å². The van der Waals surface area contributed by atoms with Crippen molar-refractivity contribution < 1.29 is 29.9 Å². The molecule has 1 aliphatic heterocycles. The molecule has 1 saturated heterocycles. The van der Waals surface area contributed by atoms with Crippen molar-refractivity contribution in [3.05, 3.63) is 0 Å². The van der Waals surface area contributed by atoms with E-state index in [2.05, 4.69) is 9.47 Å². The average Bonchev–Trinajstić information content (AvgIpc) is 2.02. The van der Waals surface area contributed by atoms with Crippen molar-refractivity contribution >= 4 is 0 Å². The highest BCUT2D eigenvalue weighted by atomic mass is 16.8. The maximum Gasteiger partial charge on any atom is 0.288 e. The Morgan fingerprint density at radius 3 is 1.67 bits per heavy atom. The number of hydrogen-bond acceptors (Lipinski definition) is 6. The van der Waals surface area contributed by atoms with Crippen molar-refractivity contribution in [1.82, 2.24) is 0 Å². The second-order valence-electron chi connectivity index (χ2n) is 2.74. The van der Waals surface area contributed by atoms with E-state index in [-0.39, 0.29) is 13.2 Å². The fourth-order valence-corrected chi connectivity index (χ4v) is 0.879. The molecule has 0 saturated carbocycles. The zero-order valence-electron chi connectivity index (χ0n) is 6.60. The van der Waals surface area contributed by atoms with E-state index in [1.165, 1.54) is 6.92 Å². The van der Waals surface area contributed by atoms with E-state index in [9.17, 15) is 0 Å². The molecule has 72 valence electrons. The third-order valence-corrected chi connectivity index (χ3v) is 1.84. The van der Waals surface area contributed by atoms with Crippen molar-refractivity contribution in [3.8, 4) is 0 Å². The van der Waals surface area contributed by atoms with Gasteiger partial charge in [-0.25, -0.2) is 0 Å². The highest BCUT2D eigenvalue weighted by Crippen LogP contribution is 2.28. The van der Waals surface area contributed by atoms with Crippen LogP contribution in [0.1, 0.15) is 6.92 Å². The van der Waals surface area contributed by atoms with Crippen LogP contribution in [0.2, 0.25) is 0 Å². The molecule has 1 rings (SSSR count). The molecule has 0 amide bonds. The molecule has 0 aromatic rings. The molecule has 0 bridgehead atoms. The molecule has 1 fully saturated rings. The van der Waals surface area contributed by atoms with Crippen molar-refractivity contribution in [2.45, 2.75) is 18.9 Å². The van der Waals surface area contributed by atoms with Gasteiger partial charge >= 0.3 is 0 Å². The second-order valence-corrected chi connectivity index (χ2v) is 2.74. The predicted molar refractivity (Wildman–Crippen MR) is 35.4 cm³/mol. The third kappa shape index (κ3) is 1.74. The van der Waals surface area contributed by atoms with Crippen LogP contribution in [0.15, 0.2) is 0 Å². The Kier molecular flexibility index (Phi) is 2.39. The summed E-state index contributed by atoms with van der Waals surface area (Å²) >= 11 is 0. The van der Waals surface area contributed by atoms with Crippen molar-refractivity contribution in [3.63, 3.8) is 0 Å². The highest BCUT2D eigenvalue weighted by molar-refractivity contribution is 4.72. The quantitative estimate of drug-likeness (QED) is 0.320. The van der Waals surface area contributed by atoms with Crippen LogP contribution in [0.5, 0.6) is 0 Å². The summed E-state index contributed by atoms with van der Waals surface area (Å²) in [6.45, 7) is 0.964. The SMILES string of the molecule is CC1C(O)(O)OCCOC1(O)O. The Bertz CT molecular complexity index is 147. The van der Waals surface area contributed by atoms with E-state index in [4.69, 9.17) is 20.4 Å². The normalized spacial score (nSPS) is 29.8. The molecule has 0 radical (unpaired) electrons. The predicted octanol–water partition coefficient (Wildman–Crippen LogP) is -2.05. The summed E-state index contributed by atoms with van der Waals surface area (Å²) in [7, 11) is 0. The van der Waals surface area contributed by atoms with Crippen LogP contribution in [-0.2, 0) is 9.47 Å². The molecule has 1 heterocycles. The summed E-state index contributed by atoms with van der Waals surface area (Å²) in [6.07, 6.45) is 0. The van der Waals surface area contributed by atoms with E-state index >= 15 is 0 Å². The molecular weight excluding hydrogens is 168 g/mol. The van der Waals surface area contributed by atoms with Gasteiger partial charge < -0.3 is 29.9 Å². The Balaban J connectivity index is 2.81. The Hall–Kier alpha value is -0.240. The molecule has 0 aliphatic carbocycles. The fraction of sp³-hybridized carbons (Fsp3) is 1.00. The topological polar surface area (TPSA) is 99.4 Å². The molecular formula is C6H12O6. The number of aliphatic hydroxyl groups is 4. The van der Waals surface area contributed by atoms with Crippen LogP contribution in [0.3, 0.4) is 0 Å². The molecule has 12 heavy (non-hydrogen) atoms. The molecule has 0 aromatic heterocycles. The van der Waals surface area contributed by atoms with Gasteiger partial charge in [0.25, 0.3) is 11.9 Å². The van der Waals surface area contributed by atoms with Crippen LogP contribution in [0, 0.1) is 5.92 Å². The Morgan fingerprint density at radius 1 is 1.00 bits per heavy atom. The van der Waals surface area contributed by atoms with Gasteiger partial charge in [0, 0.05) is 0 Å². The smallest absolute Gasteiger partial charge is 0.288 e. The average molecular weight is 180 g/mol. The molecule has 0 aromatic carbocycles. The van der Waals surface area contributed by atoms with Gasteiger partial charge in [0.15, 0.2) is 0 Å². The van der Waals surface area contributed by atoms with Gasteiger partial charge in [-0.05, 0) is 6.92 Å². The number of hydrogen-bond donors (Lipinski definition) is 4. The monoisotopic (exact) mass is 180 g/mol. The zero-order valence-corrected chi connectivity index (χ0v) is 6.60. The zero-order chi connectivity index (χ0) is 9.41. The first-order valence-corrected chi connectivity index (χ1v) is 3.53. The fourth-order valence-electron chi connectivity index (χ4n) is 0.879. The van der Waals surface area contributed by atoms with Gasteiger partial charge in [0.1, 0.15) is 5.92 Å². The van der Waals surface area contributed by atoms with Gasteiger partial charge in [-0.1, -0.05) is 0 Å². The molecule has 0 atom stereocenters. The number of rotatable bonds is 0. The van der Waals surface area contributed by atoms with Gasteiger partial charge in [0.2, 0.25) is 0 Å². The van der Waals surface area contributed by atoms with Crippen LogP contribution in [0.25, 0.3) is 0 Å². The largest absolute Gasteiger partial charge is 0.343 e. The summed E-state index contributed by atoms with van der Waals surface area (Å²) in [5, 5.41) is 36.4. The van der Waals surface area contributed by atoms with Crippen molar-refractivity contribution in [2.75, 3.05) is 13.2 Å². The van der Waals surface area contributed by atoms with E-state index in [1.54, 1.807) is 0 Å². The summed E-state index contributed by atoms with van der Waals surface area (Å²) < 4.78 is 9.01. The molecule has 1 aliphatic rings. The minimum absolute atomic E-state index is 0.111. The summed E-state index contributed by atoms with van der Waals surface area (Å²) in [4.78, 5) is 0. The molecule has 0 unspecified atom stereocenters. The van der Waals surface area contributed by atoms with Gasteiger partial charge in [0.05, 0.1) is 13.2 Å². The van der Waals surface area contributed by atoms with Gasteiger partial charge in [-0.2, -0.15) is 0 Å². The lowest BCUT2D eigenvalue weighted by atomic mass is 10.1. The molecule has 0 spiro atoms. The second kappa shape index (κ2) is 2.91. The Labute approximate surface area is 69.0 Å². The molecule has 6 heteroatoms. The first-order chi connectivity index (χ1) is 5.36. The van der Waals surface area contributed by atoms with Crippen LogP contribution in [0.4, 0.5) is 0 Å². The third-order valence-electron chi connectivity index (χ3n) is 1.84. The number of ether oxygens (including phenoxy) is 2. The summed E-state index contributed by atoms with van der Waals surface area (Å²) in [6, 6.07) is 0. The minimum Gasteiger partial charge on any atom is -0.343 e. The molecule has 4 N–H and O–H groups in total. The Morgan fingerprint density at radius 2 is 1.33 bits per heavy atom. The van der Waals surface area contributed by atoms with Crippen LogP contribution in [-0.4, -0.2) is 45.6 Å². The lowest BCUT2D eigenvalue weighted by Crippen LogP contribution is -2.51.